The molecule has 1 unspecified atom stereocenters. The molecule has 0 heterocycles. The molecular weight excluding hydrogens is 424 g/mol. The summed E-state index contributed by atoms with van der Waals surface area (Å²) in [4.78, 5) is 4.15. The number of unbranched alkanes of at least 4 members (excludes halogenated alkanes) is 1. The largest absolute Gasteiger partial charge is 0.489 e. The minimum Gasteiger partial charge on any atom is -0.489 e. The molecular formula is C17H29FIN3O2. The van der Waals surface area contributed by atoms with Crippen LogP contribution in [0.3, 0.4) is 0 Å². The first-order valence-electron chi connectivity index (χ1n) is 8.10. The molecule has 1 aromatic carbocycles. The molecule has 0 saturated carbocycles. The van der Waals surface area contributed by atoms with Crippen LogP contribution in [0.1, 0.15) is 26.7 Å². The number of guanidine groups is 1. The lowest BCUT2D eigenvalue weighted by Crippen LogP contribution is -2.42. The van der Waals surface area contributed by atoms with Gasteiger partial charge in [-0.15, -0.1) is 24.0 Å². The Morgan fingerprint density at radius 1 is 1.21 bits per heavy atom. The monoisotopic (exact) mass is 453 g/mol. The van der Waals surface area contributed by atoms with Crippen molar-refractivity contribution in [2.24, 2.45) is 4.99 Å². The molecule has 1 rings (SSSR count). The highest BCUT2D eigenvalue weighted by molar-refractivity contribution is 14.0. The van der Waals surface area contributed by atoms with Gasteiger partial charge < -0.3 is 20.1 Å². The first-order valence-corrected chi connectivity index (χ1v) is 8.10. The van der Waals surface area contributed by atoms with E-state index in [-0.39, 0.29) is 35.9 Å². The van der Waals surface area contributed by atoms with E-state index in [1.54, 1.807) is 19.2 Å². The van der Waals surface area contributed by atoms with Crippen LogP contribution in [0.25, 0.3) is 0 Å². The molecule has 0 amide bonds. The molecule has 0 spiro atoms. The number of hydrogen-bond donors (Lipinski definition) is 2. The Balaban J connectivity index is 0.00000529. The second kappa shape index (κ2) is 14.3. The lowest BCUT2D eigenvalue weighted by Gasteiger charge is -2.17. The van der Waals surface area contributed by atoms with E-state index in [0.29, 0.717) is 31.4 Å². The summed E-state index contributed by atoms with van der Waals surface area (Å²) in [5.74, 6) is 1.08. The number of benzene rings is 1. The van der Waals surface area contributed by atoms with E-state index < -0.39 is 0 Å². The molecule has 2 N–H and O–H groups in total. The maximum absolute atomic E-state index is 12.8. The van der Waals surface area contributed by atoms with Crippen molar-refractivity contribution in [3.8, 4) is 5.75 Å². The fourth-order valence-electron chi connectivity index (χ4n) is 1.84. The van der Waals surface area contributed by atoms with Crippen molar-refractivity contribution in [1.29, 1.82) is 0 Å². The van der Waals surface area contributed by atoms with E-state index in [1.165, 1.54) is 12.1 Å². The normalized spacial score (nSPS) is 12.2. The van der Waals surface area contributed by atoms with E-state index in [4.69, 9.17) is 9.47 Å². The zero-order chi connectivity index (χ0) is 16.9. The maximum Gasteiger partial charge on any atom is 0.191 e. The van der Waals surface area contributed by atoms with Gasteiger partial charge in [-0.05, 0) is 37.6 Å². The van der Waals surface area contributed by atoms with Crippen molar-refractivity contribution in [2.75, 3.05) is 33.4 Å². The summed E-state index contributed by atoms with van der Waals surface area (Å²) in [5, 5.41) is 6.37. The molecule has 0 fully saturated rings. The zero-order valence-electron chi connectivity index (χ0n) is 14.7. The Bertz CT molecular complexity index is 458. The summed E-state index contributed by atoms with van der Waals surface area (Å²) in [6.07, 6.45) is 2.16. The summed E-state index contributed by atoms with van der Waals surface area (Å²) in [7, 11) is 1.72. The fraction of sp³-hybridized carbons (Fsp3) is 0.588. The van der Waals surface area contributed by atoms with Crippen LogP contribution < -0.4 is 15.4 Å². The lowest BCUT2D eigenvalue weighted by molar-refractivity contribution is 0.136. The topological polar surface area (TPSA) is 54.9 Å². The van der Waals surface area contributed by atoms with E-state index in [2.05, 4.69) is 22.5 Å². The van der Waals surface area contributed by atoms with Crippen molar-refractivity contribution >= 4 is 29.9 Å². The van der Waals surface area contributed by atoms with E-state index in [1.807, 2.05) is 6.92 Å². The average molecular weight is 453 g/mol. The summed E-state index contributed by atoms with van der Waals surface area (Å²) >= 11 is 0. The van der Waals surface area contributed by atoms with Crippen LogP contribution in [0.2, 0.25) is 0 Å². The minimum absolute atomic E-state index is 0. The highest BCUT2D eigenvalue weighted by Gasteiger charge is 2.05. The van der Waals surface area contributed by atoms with Crippen LogP contribution in [0.5, 0.6) is 5.75 Å². The predicted octanol–water partition coefficient (Wildman–Crippen LogP) is 3.19. The minimum atomic E-state index is -0.270. The third-order valence-electron chi connectivity index (χ3n) is 3.11. The number of ether oxygens (including phenoxy) is 2. The molecule has 0 aromatic heterocycles. The molecule has 7 heteroatoms. The molecule has 0 aliphatic rings. The van der Waals surface area contributed by atoms with Crippen LogP contribution >= 0.6 is 24.0 Å². The van der Waals surface area contributed by atoms with E-state index >= 15 is 0 Å². The van der Waals surface area contributed by atoms with Crippen LogP contribution in [0.4, 0.5) is 4.39 Å². The molecule has 0 saturated heterocycles. The van der Waals surface area contributed by atoms with Gasteiger partial charge in [-0.1, -0.05) is 13.3 Å². The van der Waals surface area contributed by atoms with Crippen molar-refractivity contribution < 1.29 is 13.9 Å². The standard InChI is InChI=1S/C17H28FN3O2.HI/c1-4-5-11-22-12-10-20-17(19-3)21-13-14(2)23-16-8-6-15(18)7-9-16;/h6-9,14H,4-5,10-13H2,1-3H3,(H2,19,20,21);1H. The number of nitrogens with zero attached hydrogens (tertiary/aromatic N) is 1. The first kappa shape index (κ1) is 22.9. The van der Waals surface area contributed by atoms with Gasteiger partial charge in [0.2, 0.25) is 0 Å². The van der Waals surface area contributed by atoms with Crippen molar-refractivity contribution in [1.82, 2.24) is 10.6 Å². The number of hydrogen-bond acceptors (Lipinski definition) is 3. The lowest BCUT2D eigenvalue weighted by atomic mass is 10.3. The van der Waals surface area contributed by atoms with Gasteiger partial charge in [-0.25, -0.2) is 4.39 Å². The number of aliphatic imine (C=N–C) groups is 1. The fourth-order valence-corrected chi connectivity index (χ4v) is 1.84. The molecule has 0 radical (unpaired) electrons. The van der Waals surface area contributed by atoms with Crippen molar-refractivity contribution in [3.05, 3.63) is 30.1 Å². The quantitative estimate of drug-likeness (QED) is 0.247. The van der Waals surface area contributed by atoms with Gasteiger partial charge in [0.05, 0.1) is 13.2 Å². The number of nitrogens with one attached hydrogen (secondary N) is 2. The van der Waals surface area contributed by atoms with Crippen LogP contribution in [-0.2, 0) is 4.74 Å². The molecule has 5 nitrogen and oxygen atoms in total. The Kier molecular flexibility index (Phi) is 13.6. The second-order valence-corrected chi connectivity index (χ2v) is 5.23. The van der Waals surface area contributed by atoms with Gasteiger partial charge in [0.1, 0.15) is 17.7 Å². The SMILES string of the molecule is CCCCOCCNC(=NC)NCC(C)Oc1ccc(F)cc1.I. The third-order valence-corrected chi connectivity index (χ3v) is 3.11. The van der Waals surface area contributed by atoms with Crippen LogP contribution in [-0.4, -0.2) is 45.4 Å². The Hall–Kier alpha value is -1.09. The summed E-state index contributed by atoms with van der Waals surface area (Å²) in [6, 6.07) is 6.00. The second-order valence-electron chi connectivity index (χ2n) is 5.23. The number of halogens is 2. The Morgan fingerprint density at radius 3 is 2.54 bits per heavy atom. The number of rotatable bonds is 10. The Labute approximate surface area is 161 Å². The van der Waals surface area contributed by atoms with Crippen molar-refractivity contribution in [2.45, 2.75) is 32.8 Å². The average Bonchev–Trinajstić information content (AvgIpc) is 2.55. The van der Waals surface area contributed by atoms with Gasteiger partial charge in [-0.3, -0.25) is 4.99 Å². The smallest absolute Gasteiger partial charge is 0.191 e. The third kappa shape index (κ3) is 10.6. The predicted molar refractivity (Wildman–Crippen MR) is 107 cm³/mol. The van der Waals surface area contributed by atoms with Gasteiger partial charge >= 0.3 is 0 Å². The summed E-state index contributed by atoms with van der Waals surface area (Å²) in [6.45, 7) is 6.83. The van der Waals surface area contributed by atoms with Gasteiger partial charge in [0.25, 0.3) is 0 Å². The molecule has 1 atom stereocenters. The highest BCUT2D eigenvalue weighted by Crippen LogP contribution is 2.12. The first-order chi connectivity index (χ1) is 11.2. The van der Waals surface area contributed by atoms with E-state index in [0.717, 1.165) is 19.4 Å². The molecule has 0 aliphatic heterocycles. The summed E-state index contributed by atoms with van der Waals surface area (Å²) < 4.78 is 24.0. The zero-order valence-corrected chi connectivity index (χ0v) is 17.0. The Morgan fingerprint density at radius 2 is 1.92 bits per heavy atom. The molecule has 24 heavy (non-hydrogen) atoms. The van der Waals surface area contributed by atoms with Gasteiger partial charge in [-0.2, -0.15) is 0 Å². The van der Waals surface area contributed by atoms with Gasteiger partial charge in [0.15, 0.2) is 5.96 Å². The molecule has 138 valence electrons. The molecule has 0 aliphatic carbocycles. The van der Waals surface area contributed by atoms with Crippen molar-refractivity contribution in [3.63, 3.8) is 0 Å². The van der Waals surface area contributed by atoms with Gasteiger partial charge in [0, 0.05) is 20.2 Å². The van der Waals surface area contributed by atoms with Crippen LogP contribution in [0, 0.1) is 5.82 Å². The van der Waals surface area contributed by atoms with E-state index in [9.17, 15) is 4.39 Å². The molecule has 0 bridgehead atoms. The summed E-state index contributed by atoms with van der Waals surface area (Å²) in [5.41, 5.74) is 0. The molecule has 1 aromatic rings. The highest BCUT2D eigenvalue weighted by atomic mass is 127. The van der Waals surface area contributed by atoms with Crippen LogP contribution in [0.15, 0.2) is 29.3 Å². The maximum atomic E-state index is 12.8.